The number of nitrogens with two attached hydrogens (primary N) is 2. The maximum absolute atomic E-state index is 11.1. The molecule has 0 saturated carbocycles. The van der Waals surface area contributed by atoms with Crippen LogP contribution in [0.5, 0.6) is 0 Å². The number of hydrogen-bond donors (Lipinski definition) is 3. The van der Waals surface area contributed by atoms with E-state index in [1.807, 2.05) is 6.07 Å². The Bertz CT molecular complexity index is 599. The third kappa shape index (κ3) is 3.29. The van der Waals surface area contributed by atoms with Crippen molar-refractivity contribution in [2.45, 2.75) is 6.54 Å². The van der Waals surface area contributed by atoms with E-state index in [-0.39, 0.29) is 5.69 Å². The highest BCUT2D eigenvalue weighted by molar-refractivity contribution is 5.93. The highest BCUT2D eigenvalue weighted by atomic mass is 16.1. The Morgan fingerprint density at radius 1 is 1.15 bits per heavy atom. The summed E-state index contributed by atoms with van der Waals surface area (Å²) in [5.74, 6) is -0.704. The van der Waals surface area contributed by atoms with Gasteiger partial charge in [0.1, 0.15) is 11.5 Å². The molecule has 1 heterocycles. The van der Waals surface area contributed by atoms with E-state index >= 15 is 0 Å². The zero-order valence-corrected chi connectivity index (χ0v) is 10.5. The lowest BCUT2D eigenvalue weighted by molar-refractivity contribution is 0.0989. The average molecular weight is 271 g/mol. The highest BCUT2D eigenvalue weighted by Crippen LogP contribution is 2.08. The van der Waals surface area contributed by atoms with E-state index in [1.165, 1.54) is 12.4 Å². The minimum atomic E-state index is -0.642. The number of rotatable bonds is 5. The van der Waals surface area contributed by atoms with Gasteiger partial charge in [-0.05, 0) is 17.7 Å². The van der Waals surface area contributed by atoms with E-state index in [2.05, 4.69) is 15.3 Å². The van der Waals surface area contributed by atoms with Crippen LogP contribution in [-0.2, 0) is 6.54 Å². The van der Waals surface area contributed by atoms with E-state index in [0.29, 0.717) is 17.9 Å². The Morgan fingerprint density at radius 3 is 2.65 bits per heavy atom. The van der Waals surface area contributed by atoms with Crippen molar-refractivity contribution in [3.05, 3.63) is 53.5 Å². The van der Waals surface area contributed by atoms with Gasteiger partial charge < -0.3 is 16.8 Å². The summed E-state index contributed by atoms with van der Waals surface area (Å²) >= 11 is 0. The fourth-order valence-electron chi connectivity index (χ4n) is 1.60. The van der Waals surface area contributed by atoms with Crippen LogP contribution in [0.1, 0.15) is 26.4 Å². The number of benzene rings is 1. The molecule has 0 aliphatic heterocycles. The summed E-state index contributed by atoms with van der Waals surface area (Å²) in [6.07, 6.45) is 2.77. The standard InChI is InChI=1S/C13H13N5O2/c14-12(19)9-3-1-2-8(4-9)5-17-11-7-16-6-10(18-11)13(15)20/h1-4,6-7H,5H2,(H2,14,19)(H2,15,20)(H,17,18). The minimum Gasteiger partial charge on any atom is -0.366 e. The monoisotopic (exact) mass is 271 g/mol. The zero-order valence-electron chi connectivity index (χ0n) is 10.5. The molecule has 0 unspecified atom stereocenters. The van der Waals surface area contributed by atoms with Crippen LogP contribution < -0.4 is 16.8 Å². The number of anilines is 1. The number of nitrogens with one attached hydrogen (secondary N) is 1. The van der Waals surface area contributed by atoms with Crippen molar-refractivity contribution in [3.63, 3.8) is 0 Å². The van der Waals surface area contributed by atoms with Crippen LogP contribution in [0.2, 0.25) is 0 Å². The van der Waals surface area contributed by atoms with Crippen molar-refractivity contribution >= 4 is 17.6 Å². The van der Waals surface area contributed by atoms with E-state index in [4.69, 9.17) is 11.5 Å². The number of carbonyl (C=O) groups excluding carboxylic acids is 2. The molecule has 0 bridgehead atoms. The van der Waals surface area contributed by atoms with Crippen molar-refractivity contribution in [2.24, 2.45) is 11.5 Å². The Hall–Kier alpha value is -2.96. The highest BCUT2D eigenvalue weighted by Gasteiger charge is 2.05. The number of carbonyl (C=O) groups is 2. The van der Waals surface area contributed by atoms with Gasteiger partial charge in [0.05, 0.1) is 12.4 Å². The maximum Gasteiger partial charge on any atom is 0.268 e. The smallest absolute Gasteiger partial charge is 0.268 e. The summed E-state index contributed by atoms with van der Waals surface area (Å²) < 4.78 is 0. The van der Waals surface area contributed by atoms with Crippen LogP contribution in [0, 0.1) is 0 Å². The molecule has 1 aromatic heterocycles. The lowest BCUT2D eigenvalue weighted by atomic mass is 10.1. The third-order valence-corrected chi connectivity index (χ3v) is 2.57. The topological polar surface area (TPSA) is 124 Å². The van der Waals surface area contributed by atoms with Crippen molar-refractivity contribution in [1.82, 2.24) is 9.97 Å². The lowest BCUT2D eigenvalue weighted by Crippen LogP contribution is -2.15. The van der Waals surface area contributed by atoms with Crippen LogP contribution >= 0.6 is 0 Å². The summed E-state index contributed by atoms with van der Waals surface area (Å²) in [6.45, 7) is 0.415. The Kier molecular flexibility index (Phi) is 3.90. The molecule has 7 heteroatoms. The molecular weight excluding hydrogens is 258 g/mol. The van der Waals surface area contributed by atoms with Crippen LogP contribution in [0.15, 0.2) is 36.7 Å². The number of nitrogens with zero attached hydrogens (tertiary/aromatic N) is 2. The van der Waals surface area contributed by atoms with Gasteiger partial charge in [0.25, 0.3) is 5.91 Å². The van der Waals surface area contributed by atoms with Gasteiger partial charge in [-0.2, -0.15) is 0 Å². The SMILES string of the molecule is NC(=O)c1cccc(CNc2cncc(C(N)=O)n2)c1. The van der Waals surface area contributed by atoms with Gasteiger partial charge in [-0.1, -0.05) is 12.1 Å². The van der Waals surface area contributed by atoms with E-state index < -0.39 is 11.8 Å². The lowest BCUT2D eigenvalue weighted by Gasteiger charge is -2.07. The number of hydrogen-bond acceptors (Lipinski definition) is 5. The summed E-state index contributed by atoms with van der Waals surface area (Å²) in [5, 5.41) is 2.99. The molecule has 102 valence electrons. The molecule has 20 heavy (non-hydrogen) atoms. The Balaban J connectivity index is 2.08. The van der Waals surface area contributed by atoms with Gasteiger partial charge in [-0.3, -0.25) is 14.6 Å². The van der Waals surface area contributed by atoms with Crippen LogP contribution in [0.3, 0.4) is 0 Å². The van der Waals surface area contributed by atoms with Crippen LogP contribution in [0.4, 0.5) is 5.82 Å². The minimum absolute atomic E-state index is 0.0842. The first-order chi connectivity index (χ1) is 9.56. The second-order valence-electron chi connectivity index (χ2n) is 4.07. The normalized spacial score (nSPS) is 10.0. The molecule has 5 N–H and O–H groups in total. The molecular formula is C13H13N5O2. The molecule has 7 nitrogen and oxygen atoms in total. The predicted octanol–water partition coefficient (Wildman–Crippen LogP) is 0.286. The summed E-state index contributed by atoms with van der Waals surface area (Å²) in [7, 11) is 0. The molecule has 0 saturated heterocycles. The quantitative estimate of drug-likeness (QED) is 0.720. The van der Waals surface area contributed by atoms with Gasteiger partial charge in [0.15, 0.2) is 0 Å². The average Bonchev–Trinajstić information content (AvgIpc) is 2.45. The Labute approximate surface area is 115 Å². The predicted molar refractivity (Wildman–Crippen MR) is 72.8 cm³/mol. The van der Waals surface area contributed by atoms with E-state index in [0.717, 1.165) is 5.56 Å². The van der Waals surface area contributed by atoms with Crippen molar-refractivity contribution in [1.29, 1.82) is 0 Å². The molecule has 0 atom stereocenters. The first kappa shape index (κ1) is 13.5. The molecule has 1 aromatic carbocycles. The second kappa shape index (κ2) is 5.79. The molecule has 0 aliphatic rings. The molecule has 0 aliphatic carbocycles. The molecule has 2 aromatic rings. The molecule has 0 fully saturated rings. The first-order valence-corrected chi connectivity index (χ1v) is 5.81. The largest absolute Gasteiger partial charge is 0.366 e. The summed E-state index contributed by atoms with van der Waals surface area (Å²) in [5.41, 5.74) is 11.7. The fourth-order valence-corrected chi connectivity index (χ4v) is 1.60. The zero-order chi connectivity index (χ0) is 14.5. The summed E-state index contributed by atoms with van der Waals surface area (Å²) in [6, 6.07) is 6.90. The number of aromatic nitrogens is 2. The van der Waals surface area contributed by atoms with Gasteiger partial charge in [0.2, 0.25) is 5.91 Å². The van der Waals surface area contributed by atoms with Crippen molar-refractivity contribution in [2.75, 3.05) is 5.32 Å². The van der Waals surface area contributed by atoms with E-state index in [1.54, 1.807) is 18.2 Å². The van der Waals surface area contributed by atoms with Gasteiger partial charge in [-0.15, -0.1) is 0 Å². The van der Waals surface area contributed by atoms with Gasteiger partial charge in [-0.25, -0.2) is 4.98 Å². The van der Waals surface area contributed by atoms with E-state index in [9.17, 15) is 9.59 Å². The Morgan fingerprint density at radius 2 is 1.95 bits per heavy atom. The first-order valence-electron chi connectivity index (χ1n) is 5.81. The molecule has 2 rings (SSSR count). The van der Waals surface area contributed by atoms with Crippen molar-refractivity contribution in [3.8, 4) is 0 Å². The molecule has 0 radical (unpaired) electrons. The van der Waals surface area contributed by atoms with Crippen LogP contribution in [0.25, 0.3) is 0 Å². The molecule has 2 amide bonds. The maximum atomic E-state index is 11.1. The van der Waals surface area contributed by atoms with Crippen LogP contribution in [-0.4, -0.2) is 21.8 Å². The van der Waals surface area contributed by atoms with Gasteiger partial charge >= 0.3 is 0 Å². The van der Waals surface area contributed by atoms with Crippen molar-refractivity contribution < 1.29 is 9.59 Å². The molecule has 0 spiro atoms. The van der Waals surface area contributed by atoms with Gasteiger partial charge in [0, 0.05) is 12.1 Å². The second-order valence-corrected chi connectivity index (χ2v) is 4.07. The summed E-state index contributed by atoms with van der Waals surface area (Å²) in [4.78, 5) is 29.9. The fraction of sp³-hybridized carbons (Fsp3) is 0.0769. The third-order valence-electron chi connectivity index (χ3n) is 2.57. The number of primary amides is 2. The number of amides is 2.